The second kappa shape index (κ2) is 3.67. The van der Waals surface area contributed by atoms with Gasteiger partial charge in [0.2, 0.25) is 0 Å². The van der Waals surface area contributed by atoms with Crippen molar-refractivity contribution in [2.45, 2.75) is 13.8 Å². The summed E-state index contributed by atoms with van der Waals surface area (Å²) in [5, 5.41) is 1.76. The zero-order valence-electron chi connectivity index (χ0n) is 10.2. The number of halogens is 1. The first-order valence-corrected chi connectivity index (χ1v) is 5.78. The highest BCUT2D eigenvalue weighted by molar-refractivity contribution is 6.11. The molecule has 0 spiro atoms. The van der Waals surface area contributed by atoms with Crippen LogP contribution in [0.1, 0.15) is 21.5 Å². The molecule has 0 aliphatic carbocycles. The molecule has 0 bridgehead atoms. The normalized spacial score (nSPS) is 11.3. The van der Waals surface area contributed by atoms with Gasteiger partial charge in [0.15, 0.2) is 0 Å². The Morgan fingerprint density at radius 2 is 2.00 bits per heavy atom. The highest BCUT2D eigenvalue weighted by Gasteiger charge is 2.14. The Bertz CT molecular complexity index is 786. The third kappa shape index (κ3) is 1.30. The molecule has 3 aromatic rings. The van der Waals surface area contributed by atoms with E-state index in [1.165, 1.54) is 6.07 Å². The van der Waals surface area contributed by atoms with Gasteiger partial charge in [-0.3, -0.25) is 4.79 Å². The van der Waals surface area contributed by atoms with Gasteiger partial charge in [-0.2, -0.15) is 0 Å². The summed E-state index contributed by atoms with van der Waals surface area (Å²) in [4.78, 5) is 14.2. The minimum Gasteiger partial charge on any atom is -0.352 e. The van der Waals surface area contributed by atoms with Crippen LogP contribution in [0.4, 0.5) is 4.39 Å². The highest BCUT2D eigenvalue weighted by atomic mass is 19.1. The van der Waals surface area contributed by atoms with Crippen molar-refractivity contribution in [1.29, 1.82) is 0 Å². The first-order valence-electron chi connectivity index (χ1n) is 5.78. The maximum absolute atomic E-state index is 13.8. The van der Waals surface area contributed by atoms with Gasteiger partial charge in [0, 0.05) is 21.9 Å². The number of aromatic amines is 1. The molecule has 2 aromatic carbocycles. The SMILES string of the molecule is Cc1cc(C=O)c(C)c2c1[nH]c1c(F)cccc12. The molecular formula is C15H12FNO. The largest absolute Gasteiger partial charge is 0.352 e. The second-order valence-corrected chi connectivity index (χ2v) is 4.56. The Balaban J connectivity index is 2.63. The third-order valence-electron chi connectivity index (χ3n) is 3.48. The lowest BCUT2D eigenvalue weighted by Crippen LogP contribution is -1.89. The topological polar surface area (TPSA) is 32.9 Å². The number of rotatable bonds is 1. The molecule has 0 amide bonds. The fourth-order valence-electron chi connectivity index (χ4n) is 2.55. The summed E-state index contributed by atoms with van der Waals surface area (Å²) in [5.41, 5.74) is 3.90. The Labute approximate surface area is 103 Å². The quantitative estimate of drug-likeness (QED) is 0.644. The fourth-order valence-corrected chi connectivity index (χ4v) is 2.55. The van der Waals surface area contributed by atoms with Crippen molar-refractivity contribution in [3.63, 3.8) is 0 Å². The number of hydrogen-bond donors (Lipinski definition) is 1. The Kier molecular flexibility index (Phi) is 2.23. The number of aryl methyl sites for hydroxylation is 2. The van der Waals surface area contributed by atoms with E-state index < -0.39 is 0 Å². The third-order valence-corrected chi connectivity index (χ3v) is 3.48. The maximum Gasteiger partial charge on any atom is 0.150 e. The number of fused-ring (bicyclic) bond motifs is 3. The molecule has 18 heavy (non-hydrogen) atoms. The van der Waals surface area contributed by atoms with Crippen molar-refractivity contribution in [3.8, 4) is 0 Å². The Hall–Kier alpha value is -2.16. The average Bonchev–Trinajstić information content (AvgIpc) is 2.75. The zero-order chi connectivity index (χ0) is 12.9. The van der Waals surface area contributed by atoms with Crippen molar-refractivity contribution in [3.05, 3.63) is 46.8 Å². The van der Waals surface area contributed by atoms with Crippen LogP contribution in [0.3, 0.4) is 0 Å². The van der Waals surface area contributed by atoms with E-state index in [4.69, 9.17) is 0 Å². The van der Waals surface area contributed by atoms with Gasteiger partial charge in [0.1, 0.15) is 12.1 Å². The van der Waals surface area contributed by atoms with Crippen LogP contribution in [0.2, 0.25) is 0 Å². The standard InChI is InChI=1S/C15H12FNO/c1-8-6-10(7-18)9(2)13-11-4-3-5-12(16)15(11)17-14(8)13/h3-7,17H,1-2H3. The van der Waals surface area contributed by atoms with Crippen LogP contribution in [0.5, 0.6) is 0 Å². The summed E-state index contributed by atoms with van der Waals surface area (Å²) in [6.45, 7) is 3.81. The van der Waals surface area contributed by atoms with Gasteiger partial charge in [0.25, 0.3) is 0 Å². The summed E-state index contributed by atoms with van der Waals surface area (Å²) in [5.74, 6) is -0.268. The van der Waals surface area contributed by atoms with E-state index in [0.717, 1.165) is 33.7 Å². The monoisotopic (exact) mass is 241 g/mol. The van der Waals surface area contributed by atoms with Crippen LogP contribution in [0, 0.1) is 19.7 Å². The summed E-state index contributed by atoms with van der Waals surface area (Å²) in [7, 11) is 0. The Morgan fingerprint density at radius 3 is 2.72 bits per heavy atom. The molecule has 0 atom stereocenters. The number of benzene rings is 2. The smallest absolute Gasteiger partial charge is 0.150 e. The summed E-state index contributed by atoms with van der Waals surface area (Å²) in [6, 6.07) is 6.83. The molecule has 1 heterocycles. The molecule has 0 aliphatic heterocycles. The van der Waals surface area contributed by atoms with Crippen molar-refractivity contribution >= 4 is 28.1 Å². The molecule has 3 rings (SSSR count). The minimum absolute atomic E-state index is 0.268. The van der Waals surface area contributed by atoms with Crippen LogP contribution in [-0.4, -0.2) is 11.3 Å². The molecule has 0 aliphatic rings. The van der Waals surface area contributed by atoms with Crippen LogP contribution in [-0.2, 0) is 0 Å². The number of hydrogen-bond acceptors (Lipinski definition) is 1. The molecule has 0 saturated carbocycles. The first kappa shape index (κ1) is 11.0. The molecular weight excluding hydrogens is 229 g/mol. The predicted octanol–water partition coefficient (Wildman–Crippen LogP) is 3.89. The van der Waals surface area contributed by atoms with Crippen LogP contribution >= 0.6 is 0 Å². The van der Waals surface area contributed by atoms with Crippen LogP contribution in [0.15, 0.2) is 24.3 Å². The minimum atomic E-state index is -0.268. The van der Waals surface area contributed by atoms with E-state index >= 15 is 0 Å². The van der Waals surface area contributed by atoms with Gasteiger partial charge < -0.3 is 4.98 Å². The zero-order valence-corrected chi connectivity index (χ0v) is 10.2. The first-order chi connectivity index (χ1) is 8.63. The summed E-state index contributed by atoms with van der Waals surface area (Å²) >= 11 is 0. The van der Waals surface area contributed by atoms with Gasteiger partial charge in [-0.25, -0.2) is 4.39 Å². The molecule has 0 radical (unpaired) electrons. The molecule has 0 unspecified atom stereocenters. The summed E-state index contributed by atoms with van der Waals surface area (Å²) in [6.07, 6.45) is 0.847. The van der Waals surface area contributed by atoms with Crippen LogP contribution in [0.25, 0.3) is 21.8 Å². The Morgan fingerprint density at radius 1 is 1.22 bits per heavy atom. The second-order valence-electron chi connectivity index (χ2n) is 4.56. The fraction of sp³-hybridized carbons (Fsp3) is 0.133. The van der Waals surface area contributed by atoms with Crippen molar-refractivity contribution < 1.29 is 9.18 Å². The van der Waals surface area contributed by atoms with Gasteiger partial charge in [0.05, 0.1) is 5.52 Å². The van der Waals surface area contributed by atoms with E-state index in [-0.39, 0.29) is 5.82 Å². The van der Waals surface area contributed by atoms with E-state index in [2.05, 4.69) is 4.98 Å². The number of nitrogens with one attached hydrogen (secondary N) is 1. The lowest BCUT2D eigenvalue weighted by molar-refractivity contribution is 0.112. The van der Waals surface area contributed by atoms with Gasteiger partial charge >= 0.3 is 0 Å². The van der Waals surface area contributed by atoms with Crippen molar-refractivity contribution in [2.24, 2.45) is 0 Å². The molecule has 0 saturated heterocycles. The maximum atomic E-state index is 13.8. The van der Waals surface area contributed by atoms with Gasteiger partial charge in [-0.1, -0.05) is 12.1 Å². The number of para-hydroxylation sites is 1. The molecule has 90 valence electrons. The lowest BCUT2D eigenvalue weighted by Gasteiger charge is -2.04. The van der Waals surface area contributed by atoms with E-state index in [1.54, 1.807) is 6.07 Å². The number of carbonyl (C=O) groups excluding carboxylic acids is 1. The molecule has 1 N–H and O–H groups in total. The number of aldehydes is 1. The molecule has 1 aromatic heterocycles. The average molecular weight is 241 g/mol. The highest BCUT2D eigenvalue weighted by Crippen LogP contribution is 2.32. The van der Waals surface area contributed by atoms with E-state index in [1.807, 2.05) is 26.0 Å². The van der Waals surface area contributed by atoms with Crippen LogP contribution < -0.4 is 0 Å². The number of carbonyl (C=O) groups is 1. The predicted molar refractivity (Wildman–Crippen MR) is 70.6 cm³/mol. The number of H-pyrrole nitrogens is 1. The van der Waals surface area contributed by atoms with Crippen molar-refractivity contribution in [1.82, 2.24) is 4.98 Å². The molecule has 0 fully saturated rings. The molecule has 3 heteroatoms. The van der Waals surface area contributed by atoms with E-state index in [9.17, 15) is 9.18 Å². The summed E-state index contributed by atoms with van der Waals surface area (Å²) < 4.78 is 13.8. The number of aromatic nitrogens is 1. The van der Waals surface area contributed by atoms with Crippen molar-refractivity contribution in [2.75, 3.05) is 0 Å². The molecule has 2 nitrogen and oxygen atoms in total. The van der Waals surface area contributed by atoms with E-state index in [0.29, 0.717) is 11.1 Å². The van der Waals surface area contributed by atoms with Gasteiger partial charge in [-0.15, -0.1) is 0 Å². The lowest BCUT2D eigenvalue weighted by atomic mass is 9.99. The van der Waals surface area contributed by atoms with Gasteiger partial charge in [-0.05, 0) is 37.1 Å².